The molecule has 0 saturated carbocycles. The lowest BCUT2D eigenvalue weighted by Gasteiger charge is -2.43. The Morgan fingerprint density at radius 3 is 2.09 bits per heavy atom. The Kier molecular flexibility index (Phi) is 7.74. The van der Waals surface area contributed by atoms with Crippen molar-refractivity contribution >= 4 is 11.9 Å². The van der Waals surface area contributed by atoms with Crippen molar-refractivity contribution in [3.63, 3.8) is 0 Å². The molecule has 1 rings (SSSR count). The van der Waals surface area contributed by atoms with E-state index in [0.717, 1.165) is 0 Å². The number of aliphatic hydroxyl groups is 1. The van der Waals surface area contributed by atoms with Crippen molar-refractivity contribution in [1.82, 2.24) is 0 Å². The molecule has 0 bridgehead atoms. The molecule has 1 heterocycles. The Bertz CT molecular complexity index is 372. The maximum absolute atomic E-state index is 11.3. The van der Waals surface area contributed by atoms with E-state index in [1.165, 1.54) is 13.8 Å². The van der Waals surface area contributed by atoms with Gasteiger partial charge in [0.2, 0.25) is 0 Å². The monoisotopic (exact) mass is 320 g/mol. The van der Waals surface area contributed by atoms with Crippen LogP contribution in [-0.2, 0) is 33.3 Å². The van der Waals surface area contributed by atoms with E-state index in [4.69, 9.17) is 23.7 Å². The molecule has 5 atom stereocenters. The number of hydrogen-bond acceptors (Lipinski definition) is 8. The predicted molar refractivity (Wildman–Crippen MR) is 73.9 cm³/mol. The molecule has 1 fully saturated rings. The first-order valence-corrected chi connectivity index (χ1v) is 7.28. The Morgan fingerprint density at radius 1 is 1.00 bits per heavy atom. The average molecular weight is 320 g/mol. The van der Waals surface area contributed by atoms with Gasteiger partial charge in [0.05, 0.1) is 6.61 Å². The molecular formula is C14H24O8. The molecule has 0 aliphatic carbocycles. The molecule has 0 amide bonds. The van der Waals surface area contributed by atoms with Gasteiger partial charge < -0.3 is 28.8 Å². The van der Waals surface area contributed by atoms with E-state index in [1.54, 1.807) is 6.92 Å². The van der Waals surface area contributed by atoms with Crippen LogP contribution in [0.4, 0.5) is 0 Å². The normalized spacial score (nSPS) is 31.6. The fourth-order valence-electron chi connectivity index (χ4n) is 2.30. The van der Waals surface area contributed by atoms with Crippen molar-refractivity contribution in [2.45, 2.75) is 58.4 Å². The molecule has 0 spiro atoms. The van der Waals surface area contributed by atoms with Gasteiger partial charge in [-0.25, -0.2) is 0 Å². The van der Waals surface area contributed by atoms with Gasteiger partial charge in [-0.05, 0) is 13.8 Å². The van der Waals surface area contributed by atoms with Crippen LogP contribution in [0, 0.1) is 0 Å². The van der Waals surface area contributed by atoms with E-state index in [0.29, 0.717) is 13.2 Å². The lowest BCUT2D eigenvalue weighted by Crippen LogP contribution is -2.62. The quantitative estimate of drug-likeness (QED) is 0.655. The molecule has 8 nitrogen and oxygen atoms in total. The zero-order valence-electron chi connectivity index (χ0n) is 13.3. The Hall–Kier alpha value is -1.22. The summed E-state index contributed by atoms with van der Waals surface area (Å²) in [6.07, 6.45) is -4.93. The van der Waals surface area contributed by atoms with E-state index in [-0.39, 0.29) is 6.61 Å². The summed E-state index contributed by atoms with van der Waals surface area (Å²) in [4.78, 5) is 22.6. The maximum Gasteiger partial charge on any atom is 0.303 e. The molecule has 1 saturated heterocycles. The molecule has 1 N–H and O–H groups in total. The highest BCUT2D eigenvalue weighted by Gasteiger charge is 2.50. The van der Waals surface area contributed by atoms with E-state index in [1.807, 2.05) is 6.92 Å². The average Bonchev–Trinajstić information content (AvgIpc) is 2.43. The SMILES string of the molecule is CCOCC1OC(O)C(OC(C)=O)C(OC(C)=O)C1OCC. The van der Waals surface area contributed by atoms with E-state index in [9.17, 15) is 14.7 Å². The summed E-state index contributed by atoms with van der Waals surface area (Å²) in [6, 6.07) is 0. The number of ether oxygens (including phenoxy) is 5. The highest BCUT2D eigenvalue weighted by molar-refractivity contribution is 5.67. The van der Waals surface area contributed by atoms with Crippen molar-refractivity contribution in [1.29, 1.82) is 0 Å². The Balaban J connectivity index is 2.99. The van der Waals surface area contributed by atoms with Gasteiger partial charge >= 0.3 is 11.9 Å². The third-order valence-electron chi connectivity index (χ3n) is 3.06. The maximum atomic E-state index is 11.3. The molecule has 0 aromatic rings. The van der Waals surface area contributed by atoms with Gasteiger partial charge in [0.15, 0.2) is 18.5 Å². The lowest BCUT2D eigenvalue weighted by molar-refractivity contribution is -0.300. The van der Waals surface area contributed by atoms with Gasteiger partial charge in [0.1, 0.15) is 12.2 Å². The molecule has 5 unspecified atom stereocenters. The second-order valence-corrected chi connectivity index (χ2v) is 4.79. The van der Waals surface area contributed by atoms with Crippen LogP contribution in [0.2, 0.25) is 0 Å². The van der Waals surface area contributed by atoms with Gasteiger partial charge in [0.25, 0.3) is 0 Å². The van der Waals surface area contributed by atoms with Crippen molar-refractivity contribution in [3.05, 3.63) is 0 Å². The number of aliphatic hydroxyl groups excluding tert-OH is 1. The van der Waals surface area contributed by atoms with Gasteiger partial charge in [-0.15, -0.1) is 0 Å². The molecule has 128 valence electrons. The first kappa shape index (κ1) is 18.8. The van der Waals surface area contributed by atoms with E-state index < -0.39 is 42.6 Å². The van der Waals surface area contributed by atoms with Crippen LogP contribution in [0.15, 0.2) is 0 Å². The van der Waals surface area contributed by atoms with Gasteiger partial charge in [-0.3, -0.25) is 9.59 Å². The zero-order valence-corrected chi connectivity index (χ0v) is 13.3. The summed E-state index contributed by atoms with van der Waals surface area (Å²) in [6.45, 7) is 6.96. The number of esters is 2. The fraction of sp³-hybridized carbons (Fsp3) is 0.857. The third-order valence-corrected chi connectivity index (χ3v) is 3.06. The molecule has 0 aromatic carbocycles. The minimum atomic E-state index is -1.43. The summed E-state index contributed by atoms with van der Waals surface area (Å²) in [5, 5.41) is 10.1. The Labute approximate surface area is 129 Å². The topological polar surface area (TPSA) is 101 Å². The van der Waals surface area contributed by atoms with Crippen LogP contribution < -0.4 is 0 Å². The van der Waals surface area contributed by atoms with Gasteiger partial charge in [-0.1, -0.05) is 0 Å². The molecule has 22 heavy (non-hydrogen) atoms. The number of hydrogen-bond donors (Lipinski definition) is 1. The number of carbonyl (C=O) groups excluding carboxylic acids is 2. The van der Waals surface area contributed by atoms with Crippen molar-refractivity contribution in [2.24, 2.45) is 0 Å². The van der Waals surface area contributed by atoms with Gasteiger partial charge in [-0.2, -0.15) is 0 Å². The molecule has 1 aliphatic heterocycles. The largest absolute Gasteiger partial charge is 0.455 e. The van der Waals surface area contributed by atoms with Crippen LogP contribution >= 0.6 is 0 Å². The number of rotatable bonds is 7. The van der Waals surface area contributed by atoms with Crippen LogP contribution in [0.5, 0.6) is 0 Å². The summed E-state index contributed by atoms with van der Waals surface area (Å²) in [5.41, 5.74) is 0. The summed E-state index contributed by atoms with van der Waals surface area (Å²) < 4.78 is 26.5. The first-order chi connectivity index (χ1) is 10.4. The van der Waals surface area contributed by atoms with Crippen molar-refractivity contribution in [3.8, 4) is 0 Å². The second kappa shape index (κ2) is 9.04. The van der Waals surface area contributed by atoms with Crippen LogP contribution in [0.25, 0.3) is 0 Å². The minimum Gasteiger partial charge on any atom is -0.455 e. The van der Waals surface area contributed by atoms with E-state index >= 15 is 0 Å². The summed E-state index contributed by atoms with van der Waals surface area (Å²) in [7, 11) is 0. The lowest BCUT2D eigenvalue weighted by atomic mass is 9.98. The van der Waals surface area contributed by atoms with Crippen molar-refractivity contribution in [2.75, 3.05) is 19.8 Å². The molecule has 8 heteroatoms. The third kappa shape index (κ3) is 5.20. The number of carbonyl (C=O) groups is 2. The predicted octanol–water partition coefficient (Wildman–Crippen LogP) is 0.00860. The van der Waals surface area contributed by atoms with Crippen LogP contribution in [-0.4, -0.2) is 67.6 Å². The highest BCUT2D eigenvalue weighted by Crippen LogP contribution is 2.27. The summed E-state index contributed by atoms with van der Waals surface area (Å²) >= 11 is 0. The zero-order chi connectivity index (χ0) is 16.7. The first-order valence-electron chi connectivity index (χ1n) is 7.28. The van der Waals surface area contributed by atoms with Crippen molar-refractivity contribution < 1.29 is 38.4 Å². The highest BCUT2D eigenvalue weighted by atomic mass is 16.7. The smallest absolute Gasteiger partial charge is 0.303 e. The fourth-order valence-corrected chi connectivity index (χ4v) is 2.30. The van der Waals surface area contributed by atoms with E-state index in [2.05, 4.69) is 0 Å². The molecule has 1 aliphatic rings. The van der Waals surface area contributed by atoms with Gasteiger partial charge in [0, 0.05) is 27.1 Å². The minimum absolute atomic E-state index is 0.156. The molecular weight excluding hydrogens is 296 g/mol. The Morgan fingerprint density at radius 2 is 1.59 bits per heavy atom. The summed E-state index contributed by atoms with van der Waals surface area (Å²) in [5.74, 6) is -1.19. The standard InChI is InChI=1S/C14H24O8/c1-5-18-7-10-11(19-6-2)12(20-8(3)15)13(14(17)22-10)21-9(4)16/h10-14,17H,5-7H2,1-4H3. The molecule has 0 radical (unpaired) electrons. The second-order valence-electron chi connectivity index (χ2n) is 4.79. The van der Waals surface area contributed by atoms with Crippen LogP contribution in [0.3, 0.4) is 0 Å². The van der Waals surface area contributed by atoms with Crippen LogP contribution in [0.1, 0.15) is 27.7 Å². The molecule has 0 aromatic heterocycles.